The van der Waals surface area contributed by atoms with Crippen LogP contribution in [0.3, 0.4) is 0 Å². The standard InChI is InChI=1S/C10H19N3O/c1-4-11-5-6-12-7-10-8(2)13-9(3)14-10/h11-12H,4-7H2,1-3H3. The quantitative estimate of drug-likeness (QED) is 0.668. The molecule has 0 spiro atoms. The van der Waals surface area contributed by atoms with Gasteiger partial charge in [0.1, 0.15) is 5.76 Å². The van der Waals surface area contributed by atoms with Crippen molar-refractivity contribution in [1.82, 2.24) is 15.6 Å². The van der Waals surface area contributed by atoms with Crippen LogP contribution in [0.2, 0.25) is 0 Å². The maximum absolute atomic E-state index is 5.43. The van der Waals surface area contributed by atoms with Gasteiger partial charge in [0.2, 0.25) is 0 Å². The predicted molar refractivity (Wildman–Crippen MR) is 56.2 cm³/mol. The molecule has 14 heavy (non-hydrogen) atoms. The molecule has 0 saturated heterocycles. The highest BCUT2D eigenvalue weighted by atomic mass is 16.4. The molecule has 0 aromatic carbocycles. The molecule has 1 aromatic rings. The first-order valence-electron chi connectivity index (χ1n) is 5.08. The molecule has 0 saturated carbocycles. The molecule has 0 radical (unpaired) electrons. The summed E-state index contributed by atoms with van der Waals surface area (Å²) in [6.07, 6.45) is 0. The minimum atomic E-state index is 0.742. The van der Waals surface area contributed by atoms with Gasteiger partial charge in [0.05, 0.1) is 12.2 Å². The SMILES string of the molecule is CCNCCNCc1oc(C)nc1C. The van der Waals surface area contributed by atoms with E-state index in [1.165, 1.54) is 0 Å². The van der Waals surface area contributed by atoms with Gasteiger partial charge in [-0.1, -0.05) is 6.92 Å². The summed E-state index contributed by atoms with van der Waals surface area (Å²) in [5.74, 6) is 1.69. The Kier molecular flexibility index (Phi) is 4.62. The topological polar surface area (TPSA) is 50.1 Å². The molecule has 0 atom stereocenters. The van der Waals surface area contributed by atoms with E-state index in [-0.39, 0.29) is 0 Å². The molecule has 2 N–H and O–H groups in total. The number of aryl methyl sites for hydroxylation is 2. The lowest BCUT2D eigenvalue weighted by Gasteiger charge is -2.03. The Morgan fingerprint density at radius 1 is 1.21 bits per heavy atom. The lowest BCUT2D eigenvalue weighted by Crippen LogP contribution is -2.26. The first-order valence-corrected chi connectivity index (χ1v) is 5.08. The maximum atomic E-state index is 5.43. The van der Waals surface area contributed by atoms with E-state index >= 15 is 0 Å². The van der Waals surface area contributed by atoms with Crippen molar-refractivity contribution in [1.29, 1.82) is 0 Å². The molecule has 0 aliphatic rings. The number of hydrogen-bond acceptors (Lipinski definition) is 4. The summed E-state index contributed by atoms with van der Waals surface area (Å²) in [6.45, 7) is 9.66. The Balaban J connectivity index is 2.21. The number of likely N-dealkylation sites (N-methyl/N-ethyl adjacent to an activating group) is 1. The number of nitrogens with one attached hydrogen (secondary N) is 2. The third-order valence-electron chi connectivity index (χ3n) is 2.01. The van der Waals surface area contributed by atoms with Crippen LogP contribution in [0.5, 0.6) is 0 Å². The van der Waals surface area contributed by atoms with Crippen LogP contribution in [0.1, 0.15) is 24.3 Å². The molecule has 0 amide bonds. The summed E-state index contributed by atoms with van der Waals surface area (Å²) >= 11 is 0. The van der Waals surface area contributed by atoms with Gasteiger partial charge in [-0.15, -0.1) is 0 Å². The number of aromatic nitrogens is 1. The zero-order valence-corrected chi connectivity index (χ0v) is 9.18. The highest BCUT2D eigenvalue weighted by Gasteiger charge is 2.04. The molecular formula is C10H19N3O. The van der Waals surface area contributed by atoms with Gasteiger partial charge in [-0.05, 0) is 13.5 Å². The molecule has 1 heterocycles. The Morgan fingerprint density at radius 3 is 2.50 bits per heavy atom. The van der Waals surface area contributed by atoms with Crippen molar-refractivity contribution in [3.05, 3.63) is 17.3 Å². The smallest absolute Gasteiger partial charge is 0.191 e. The molecule has 80 valence electrons. The summed E-state index contributed by atoms with van der Waals surface area (Å²) < 4.78 is 5.43. The second kappa shape index (κ2) is 5.78. The van der Waals surface area contributed by atoms with Crippen molar-refractivity contribution >= 4 is 0 Å². The fraction of sp³-hybridized carbons (Fsp3) is 0.700. The van der Waals surface area contributed by atoms with E-state index in [1.807, 2.05) is 13.8 Å². The number of hydrogen-bond donors (Lipinski definition) is 2. The molecule has 4 heteroatoms. The molecule has 0 bridgehead atoms. The minimum absolute atomic E-state index is 0.742. The average Bonchev–Trinajstić information content (AvgIpc) is 2.45. The van der Waals surface area contributed by atoms with Crippen LogP contribution in [0.15, 0.2) is 4.42 Å². The van der Waals surface area contributed by atoms with E-state index in [0.717, 1.165) is 43.5 Å². The van der Waals surface area contributed by atoms with Gasteiger partial charge in [0, 0.05) is 20.0 Å². The molecule has 0 aliphatic heterocycles. The fourth-order valence-corrected chi connectivity index (χ4v) is 1.29. The van der Waals surface area contributed by atoms with Gasteiger partial charge in [-0.3, -0.25) is 0 Å². The van der Waals surface area contributed by atoms with Crippen molar-refractivity contribution in [2.75, 3.05) is 19.6 Å². The summed E-state index contributed by atoms with van der Waals surface area (Å²) in [4.78, 5) is 4.20. The third kappa shape index (κ3) is 3.47. The monoisotopic (exact) mass is 197 g/mol. The van der Waals surface area contributed by atoms with Crippen LogP contribution in [0.25, 0.3) is 0 Å². The molecule has 1 rings (SSSR count). The van der Waals surface area contributed by atoms with Crippen LogP contribution in [-0.2, 0) is 6.54 Å². The van der Waals surface area contributed by atoms with Crippen LogP contribution < -0.4 is 10.6 Å². The van der Waals surface area contributed by atoms with E-state index in [2.05, 4.69) is 22.5 Å². The normalized spacial score (nSPS) is 10.8. The van der Waals surface area contributed by atoms with Crippen molar-refractivity contribution in [3.63, 3.8) is 0 Å². The van der Waals surface area contributed by atoms with Gasteiger partial charge in [-0.2, -0.15) is 0 Å². The third-order valence-corrected chi connectivity index (χ3v) is 2.01. The van der Waals surface area contributed by atoms with Crippen LogP contribution in [0.4, 0.5) is 0 Å². The Morgan fingerprint density at radius 2 is 1.93 bits per heavy atom. The Hall–Kier alpha value is -0.870. The molecular weight excluding hydrogens is 178 g/mol. The number of rotatable bonds is 6. The van der Waals surface area contributed by atoms with Gasteiger partial charge in [0.25, 0.3) is 0 Å². The molecule has 0 unspecified atom stereocenters. The summed E-state index contributed by atoms with van der Waals surface area (Å²) in [5, 5.41) is 6.54. The van der Waals surface area contributed by atoms with Crippen LogP contribution >= 0.6 is 0 Å². The molecule has 4 nitrogen and oxygen atoms in total. The summed E-state index contributed by atoms with van der Waals surface area (Å²) in [6, 6.07) is 0. The maximum Gasteiger partial charge on any atom is 0.191 e. The average molecular weight is 197 g/mol. The van der Waals surface area contributed by atoms with Crippen molar-refractivity contribution in [2.45, 2.75) is 27.3 Å². The molecule has 1 aromatic heterocycles. The van der Waals surface area contributed by atoms with E-state index in [1.54, 1.807) is 0 Å². The van der Waals surface area contributed by atoms with E-state index < -0.39 is 0 Å². The van der Waals surface area contributed by atoms with Crippen molar-refractivity contribution in [3.8, 4) is 0 Å². The highest BCUT2D eigenvalue weighted by Crippen LogP contribution is 2.07. The first-order chi connectivity index (χ1) is 6.74. The lowest BCUT2D eigenvalue weighted by molar-refractivity contribution is 0.453. The molecule has 0 fully saturated rings. The number of nitrogens with zero attached hydrogens (tertiary/aromatic N) is 1. The van der Waals surface area contributed by atoms with Gasteiger partial charge in [-0.25, -0.2) is 4.98 Å². The van der Waals surface area contributed by atoms with E-state index in [9.17, 15) is 0 Å². The van der Waals surface area contributed by atoms with Crippen molar-refractivity contribution in [2.24, 2.45) is 0 Å². The Labute approximate surface area is 85.1 Å². The molecule has 0 aliphatic carbocycles. The van der Waals surface area contributed by atoms with E-state index in [0.29, 0.717) is 0 Å². The second-order valence-corrected chi connectivity index (χ2v) is 3.27. The van der Waals surface area contributed by atoms with Crippen LogP contribution in [-0.4, -0.2) is 24.6 Å². The zero-order valence-electron chi connectivity index (χ0n) is 9.18. The summed E-state index contributed by atoms with van der Waals surface area (Å²) in [5.41, 5.74) is 0.985. The van der Waals surface area contributed by atoms with Gasteiger partial charge in [0.15, 0.2) is 5.89 Å². The number of oxazole rings is 1. The largest absolute Gasteiger partial charge is 0.444 e. The lowest BCUT2D eigenvalue weighted by atomic mass is 10.3. The van der Waals surface area contributed by atoms with Crippen LogP contribution in [0, 0.1) is 13.8 Å². The predicted octanol–water partition coefficient (Wildman–Crippen LogP) is 0.991. The summed E-state index contributed by atoms with van der Waals surface area (Å²) in [7, 11) is 0. The van der Waals surface area contributed by atoms with E-state index in [4.69, 9.17) is 4.42 Å². The van der Waals surface area contributed by atoms with Gasteiger partial charge >= 0.3 is 0 Å². The highest BCUT2D eigenvalue weighted by molar-refractivity contribution is 5.06. The first kappa shape index (κ1) is 11.2. The second-order valence-electron chi connectivity index (χ2n) is 3.27. The fourth-order valence-electron chi connectivity index (χ4n) is 1.29. The van der Waals surface area contributed by atoms with Crippen molar-refractivity contribution < 1.29 is 4.42 Å². The minimum Gasteiger partial charge on any atom is -0.444 e. The van der Waals surface area contributed by atoms with Gasteiger partial charge < -0.3 is 15.1 Å². The Bertz CT molecular complexity index is 270. The zero-order chi connectivity index (χ0) is 10.4.